The molecule has 0 nitrogen and oxygen atoms in total. The van der Waals surface area contributed by atoms with E-state index in [1.54, 1.807) is 0 Å². The van der Waals surface area contributed by atoms with E-state index in [1.807, 2.05) is 0 Å². The second-order valence-corrected chi connectivity index (χ2v) is 10.3. The van der Waals surface area contributed by atoms with Gasteiger partial charge in [0.15, 0.2) is 0 Å². The molecule has 0 fully saturated rings. The largest absolute Gasteiger partial charge is 0.0909 e. The summed E-state index contributed by atoms with van der Waals surface area (Å²) in [4.78, 5) is 0. The van der Waals surface area contributed by atoms with E-state index in [0.717, 1.165) is 17.6 Å². The van der Waals surface area contributed by atoms with Crippen molar-refractivity contribution in [3.8, 4) is 0 Å². The summed E-state index contributed by atoms with van der Waals surface area (Å²) in [5, 5.41) is 0. The Morgan fingerprint density at radius 3 is 1.59 bits per heavy atom. The Kier molecular flexibility index (Phi) is 6.62. The van der Waals surface area contributed by atoms with Gasteiger partial charge in [0.1, 0.15) is 0 Å². The fraction of sp³-hybridized carbons (Fsp3) is 0.235. The second-order valence-electron chi connectivity index (χ2n) is 10.3. The second kappa shape index (κ2) is 9.47. The fourth-order valence-electron chi connectivity index (χ4n) is 5.03. The van der Waals surface area contributed by atoms with Crippen LogP contribution in [0.5, 0.6) is 0 Å². The van der Waals surface area contributed by atoms with E-state index < -0.39 is 0 Å². The van der Waals surface area contributed by atoms with Crippen molar-refractivity contribution in [1.82, 2.24) is 0 Å². The zero-order chi connectivity index (χ0) is 24.5. The van der Waals surface area contributed by atoms with E-state index >= 15 is 0 Å². The number of rotatable bonds is 6. The summed E-state index contributed by atoms with van der Waals surface area (Å²) in [6, 6.07) is 26.2. The smallest absolute Gasteiger partial charge is 0.0111 e. The first kappa shape index (κ1) is 23.8. The van der Waals surface area contributed by atoms with E-state index in [4.69, 9.17) is 0 Å². The van der Waals surface area contributed by atoms with E-state index in [2.05, 4.69) is 133 Å². The zero-order valence-corrected chi connectivity index (χ0v) is 21.3. The summed E-state index contributed by atoms with van der Waals surface area (Å²) in [5.41, 5.74) is 12.4. The predicted octanol–water partition coefficient (Wildman–Crippen LogP) is 9.25. The van der Waals surface area contributed by atoms with Gasteiger partial charge in [-0.05, 0) is 65.2 Å². The number of hydrogen-bond acceptors (Lipinski definition) is 0. The highest BCUT2D eigenvalue weighted by molar-refractivity contribution is 5.79. The summed E-state index contributed by atoms with van der Waals surface area (Å²) >= 11 is 0. The lowest BCUT2D eigenvalue weighted by atomic mass is 9.69. The molecule has 172 valence electrons. The van der Waals surface area contributed by atoms with Crippen LogP contribution < -0.4 is 0 Å². The molecule has 1 aliphatic carbocycles. The maximum absolute atomic E-state index is 4.41. The maximum Gasteiger partial charge on any atom is 0.0111 e. The van der Waals surface area contributed by atoms with E-state index in [1.165, 1.54) is 44.5 Å². The van der Waals surface area contributed by atoms with Crippen molar-refractivity contribution in [1.29, 1.82) is 0 Å². The molecule has 0 heteroatoms. The topological polar surface area (TPSA) is 0 Å². The minimum atomic E-state index is -0.0453. The monoisotopic (exact) mass is 444 g/mol. The molecule has 0 bridgehead atoms. The molecule has 1 atom stereocenters. The Balaban J connectivity index is 1.56. The van der Waals surface area contributed by atoms with Gasteiger partial charge in [-0.1, -0.05) is 136 Å². The number of hydrogen-bond donors (Lipinski definition) is 0. The standard InChI is InChI=1S/C34H36/c1-23-8-12-28(13-9-23)26(4)30-16-19-32(20-17-30)34(6,7)33-21-18-31(22-25(33)3)27(5)29-14-10-24(2)11-15-29/h8-21,25H,4-5,22H2,1-3,6-7H3. The molecule has 0 saturated carbocycles. The van der Waals surface area contributed by atoms with Gasteiger partial charge in [-0.2, -0.15) is 0 Å². The Morgan fingerprint density at radius 1 is 0.676 bits per heavy atom. The number of aryl methyl sites for hydroxylation is 2. The Morgan fingerprint density at radius 2 is 1.12 bits per heavy atom. The third kappa shape index (κ3) is 4.77. The zero-order valence-electron chi connectivity index (χ0n) is 21.3. The quantitative estimate of drug-likeness (QED) is 0.355. The third-order valence-electron chi connectivity index (χ3n) is 7.39. The molecule has 0 radical (unpaired) electrons. The van der Waals surface area contributed by atoms with Gasteiger partial charge in [0, 0.05) is 5.41 Å². The normalized spacial score (nSPS) is 16.0. The van der Waals surface area contributed by atoms with Crippen LogP contribution in [0.1, 0.15) is 60.6 Å². The Labute approximate surface area is 206 Å². The molecule has 4 rings (SSSR count). The molecule has 34 heavy (non-hydrogen) atoms. The Bertz CT molecular complexity index is 1260. The molecule has 3 aromatic rings. The van der Waals surface area contributed by atoms with Crippen LogP contribution in [0.25, 0.3) is 11.1 Å². The molecule has 1 unspecified atom stereocenters. The summed E-state index contributed by atoms with van der Waals surface area (Å²) < 4.78 is 0. The lowest BCUT2D eigenvalue weighted by Gasteiger charge is -2.35. The number of allylic oxidation sites excluding steroid dienone is 5. The molecule has 1 aliphatic rings. The van der Waals surface area contributed by atoms with Crippen LogP contribution >= 0.6 is 0 Å². The average Bonchev–Trinajstić information content (AvgIpc) is 2.84. The van der Waals surface area contributed by atoms with Crippen LogP contribution in [0.15, 0.2) is 109 Å². The van der Waals surface area contributed by atoms with Crippen molar-refractivity contribution in [2.24, 2.45) is 5.92 Å². The van der Waals surface area contributed by atoms with E-state index in [0.29, 0.717) is 5.92 Å². The average molecular weight is 445 g/mol. The van der Waals surface area contributed by atoms with E-state index in [9.17, 15) is 0 Å². The minimum Gasteiger partial charge on any atom is -0.0909 e. The van der Waals surface area contributed by atoms with Crippen LogP contribution in [0, 0.1) is 19.8 Å². The highest BCUT2D eigenvalue weighted by Crippen LogP contribution is 2.42. The molecular formula is C34H36. The van der Waals surface area contributed by atoms with Crippen LogP contribution in [-0.2, 0) is 5.41 Å². The fourth-order valence-corrected chi connectivity index (χ4v) is 5.03. The van der Waals surface area contributed by atoms with Gasteiger partial charge in [-0.15, -0.1) is 0 Å². The summed E-state index contributed by atoms with van der Waals surface area (Å²) in [7, 11) is 0. The third-order valence-corrected chi connectivity index (χ3v) is 7.39. The van der Waals surface area contributed by atoms with Gasteiger partial charge in [0.05, 0.1) is 0 Å². The van der Waals surface area contributed by atoms with Crippen molar-refractivity contribution in [3.63, 3.8) is 0 Å². The molecule has 0 aliphatic heterocycles. The van der Waals surface area contributed by atoms with Crippen LogP contribution in [-0.4, -0.2) is 0 Å². The molecule has 3 aromatic carbocycles. The van der Waals surface area contributed by atoms with Crippen LogP contribution in [0.4, 0.5) is 0 Å². The maximum atomic E-state index is 4.41. The first-order valence-corrected chi connectivity index (χ1v) is 12.2. The molecule has 0 saturated heterocycles. The van der Waals surface area contributed by atoms with Crippen molar-refractivity contribution >= 4 is 11.1 Å². The lowest BCUT2D eigenvalue weighted by molar-refractivity contribution is 0.511. The van der Waals surface area contributed by atoms with Crippen molar-refractivity contribution in [2.75, 3.05) is 0 Å². The molecule has 0 heterocycles. The Hall–Kier alpha value is -3.38. The van der Waals surface area contributed by atoms with Crippen molar-refractivity contribution < 1.29 is 0 Å². The van der Waals surface area contributed by atoms with Crippen LogP contribution in [0.3, 0.4) is 0 Å². The SMILES string of the molecule is C=C(C1=CC=C(C(C)(C)c2ccc(C(=C)c3ccc(C)cc3)cc2)C(C)C1)c1ccc(C)cc1. The number of benzene rings is 3. The van der Waals surface area contributed by atoms with Gasteiger partial charge >= 0.3 is 0 Å². The molecule has 0 amide bonds. The predicted molar refractivity (Wildman–Crippen MR) is 149 cm³/mol. The minimum absolute atomic E-state index is 0.0453. The first-order valence-electron chi connectivity index (χ1n) is 12.2. The summed E-state index contributed by atoms with van der Waals surface area (Å²) in [6.07, 6.45) is 5.64. The molecular weight excluding hydrogens is 408 g/mol. The van der Waals surface area contributed by atoms with Gasteiger partial charge in [0.25, 0.3) is 0 Å². The van der Waals surface area contributed by atoms with Gasteiger partial charge < -0.3 is 0 Å². The lowest BCUT2D eigenvalue weighted by Crippen LogP contribution is -2.26. The van der Waals surface area contributed by atoms with Crippen LogP contribution in [0.2, 0.25) is 0 Å². The molecule has 0 spiro atoms. The molecule has 0 aromatic heterocycles. The molecule has 0 N–H and O–H groups in total. The van der Waals surface area contributed by atoms with Gasteiger partial charge in [-0.3, -0.25) is 0 Å². The van der Waals surface area contributed by atoms with Crippen molar-refractivity contribution in [2.45, 2.75) is 46.5 Å². The first-order chi connectivity index (χ1) is 16.2. The van der Waals surface area contributed by atoms with E-state index in [-0.39, 0.29) is 5.41 Å². The van der Waals surface area contributed by atoms with Crippen molar-refractivity contribution in [3.05, 3.63) is 143 Å². The summed E-state index contributed by atoms with van der Waals surface area (Å²) in [6.45, 7) is 20.0. The summed E-state index contributed by atoms with van der Waals surface area (Å²) in [5.74, 6) is 0.458. The highest BCUT2D eigenvalue weighted by Gasteiger charge is 2.31. The van der Waals surface area contributed by atoms with Gasteiger partial charge in [-0.25, -0.2) is 0 Å². The highest BCUT2D eigenvalue weighted by atomic mass is 14.3. The van der Waals surface area contributed by atoms with Gasteiger partial charge in [0.2, 0.25) is 0 Å².